The molecule has 1 rings (SSSR count). The normalized spacial score (nSPS) is 12.2. The summed E-state index contributed by atoms with van der Waals surface area (Å²) < 4.78 is 27.7. The largest absolute Gasteiger partial charge is 0.313 e. The van der Waals surface area contributed by atoms with Gasteiger partial charge >= 0.3 is 0 Å². The van der Waals surface area contributed by atoms with Gasteiger partial charge in [0.2, 0.25) is 10.0 Å². The molecule has 0 amide bonds. The van der Waals surface area contributed by atoms with Crippen molar-refractivity contribution in [1.82, 2.24) is 19.4 Å². The van der Waals surface area contributed by atoms with Crippen molar-refractivity contribution < 1.29 is 8.42 Å². The third-order valence-electron chi connectivity index (χ3n) is 2.83. The molecule has 0 saturated carbocycles. The molecule has 0 aliphatic rings. The summed E-state index contributed by atoms with van der Waals surface area (Å²) in [5, 5.41) is 7.36. The molecule has 1 aromatic heterocycles. The Kier molecular flexibility index (Phi) is 6.38. The highest BCUT2D eigenvalue weighted by molar-refractivity contribution is 7.89. The van der Waals surface area contributed by atoms with Gasteiger partial charge in [-0.3, -0.25) is 4.68 Å². The fourth-order valence-corrected chi connectivity index (χ4v) is 3.13. The van der Waals surface area contributed by atoms with Gasteiger partial charge in [0, 0.05) is 31.9 Å². The van der Waals surface area contributed by atoms with Crippen LogP contribution in [0, 0.1) is 0 Å². The van der Waals surface area contributed by atoms with E-state index in [-0.39, 0.29) is 4.90 Å². The lowest BCUT2D eigenvalue weighted by Crippen LogP contribution is -2.30. The Morgan fingerprint density at radius 3 is 2.80 bits per heavy atom. The summed E-state index contributed by atoms with van der Waals surface area (Å²) in [5.74, 6) is 0. The first-order chi connectivity index (χ1) is 9.41. The number of hydrogen-bond donors (Lipinski definition) is 1. The minimum absolute atomic E-state index is 0.228. The predicted molar refractivity (Wildman–Crippen MR) is 80.0 cm³/mol. The van der Waals surface area contributed by atoms with E-state index in [0.29, 0.717) is 25.7 Å². The molecule has 20 heavy (non-hydrogen) atoms. The second-order valence-corrected chi connectivity index (χ2v) is 6.73. The van der Waals surface area contributed by atoms with Crippen molar-refractivity contribution in [3.05, 3.63) is 25.0 Å². The van der Waals surface area contributed by atoms with E-state index in [9.17, 15) is 8.42 Å². The first-order valence-electron chi connectivity index (χ1n) is 6.78. The maximum absolute atomic E-state index is 12.4. The number of likely N-dealkylation sites (N-methyl/N-ethyl adjacent to an activating group) is 1. The molecule has 0 spiro atoms. The molecule has 0 bridgehead atoms. The van der Waals surface area contributed by atoms with Crippen molar-refractivity contribution in [3.8, 4) is 0 Å². The van der Waals surface area contributed by atoms with E-state index in [1.54, 1.807) is 23.9 Å². The Bertz CT molecular complexity index is 522. The lowest BCUT2D eigenvalue weighted by molar-refractivity contribution is 0.459. The Labute approximate surface area is 121 Å². The molecule has 7 heteroatoms. The van der Waals surface area contributed by atoms with Gasteiger partial charge in [-0.1, -0.05) is 26.8 Å². The highest BCUT2D eigenvalue weighted by Gasteiger charge is 2.23. The predicted octanol–water partition coefficient (Wildman–Crippen LogP) is 1.08. The topological polar surface area (TPSA) is 67.2 Å². The van der Waals surface area contributed by atoms with Gasteiger partial charge in [-0.05, 0) is 0 Å². The summed E-state index contributed by atoms with van der Waals surface area (Å²) in [6.45, 7) is 11.6. The molecule has 6 nitrogen and oxygen atoms in total. The van der Waals surface area contributed by atoms with Gasteiger partial charge in [0.25, 0.3) is 0 Å². The second kappa shape index (κ2) is 7.56. The van der Waals surface area contributed by atoms with Crippen LogP contribution in [-0.2, 0) is 16.6 Å². The first kappa shape index (κ1) is 16.9. The molecule has 0 unspecified atom stereocenters. The first-order valence-corrected chi connectivity index (χ1v) is 8.22. The number of nitrogens with one attached hydrogen (secondary N) is 1. The fourth-order valence-electron chi connectivity index (χ4n) is 1.76. The van der Waals surface area contributed by atoms with Crippen LogP contribution in [-0.4, -0.2) is 48.2 Å². The zero-order valence-corrected chi connectivity index (χ0v) is 13.2. The molecule has 0 aromatic carbocycles. The van der Waals surface area contributed by atoms with Crippen molar-refractivity contribution in [3.63, 3.8) is 0 Å². The van der Waals surface area contributed by atoms with Gasteiger partial charge in [-0.25, -0.2) is 8.42 Å². The van der Waals surface area contributed by atoms with Crippen LogP contribution < -0.4 is 5.32 Å². The summed E-state index contributed by atoms with van der Waals surface area (Å²) >= 11 is 0. The molecule has 0 aliphatic heterocycles. The number of sulfonamides is 1. The van der Waals surface area contributed by atoms with Crippen molar-refractivity contribution in [2.75, 3.05) is 19.6 Å². The van der Waals surface area contributed by atoms with Crippen LogP contribution in [0.5, 0.6) is 0 Å². The van der Waals surface area contributed by atoms with Crippen LogP contribution in [0.2, 0.25) is 0 Å². The minimum Gasteiger partial charge on any atom is -0.313 e. The number of hydrogen-bond acceptors (Lipinski definition) is 4. The Hall–Kier alpha value is -1.18. The van der Waals surface area contributed by atoms with Crippen LogP contribution in [0.25, 0.3) is 0 Å². The summed E-state index contributed by atoms with van der Waals surface area (Å²) in [6, 6.07) is 0.400. The monoisotopic (exact) mass is 300 g/mol. The summed E-state index contributed by atoms with van der Waals surface area (Å²) in [5.41, 5.74) is 0. The minimum atomic E-state index is -3.48. The zero-order chi connectivity index (χ0) is 15.2. The lowest BCUT2D eigenvalue weighted by atomic mass is 10.4. The molecule has 0 radical (unpaired) electrons. The maximum atomic E-state index is 12.4. The smallest absolute Gasteiger partial charge is 0.246 e. The van der Waals surface area contributed by atoms with E-state index in [0.717, 1.165) is 6.54 Å². The Balaban J connectivity index is 2.76. The van der Waals surface area contributed by atoms with Gasteiger partial charge in [0.05, 0.1) is 12.7 Å². The van der Waals surface area contributed by atoms with E-state index in [1.807, 2.05) is 0 Å². The number of nitrogens with zero attached hydrogens (tertiary/aromatic N) is 3. The van der Waals surface area contributed by atoms with Crippen molar-refractivity contribution in [2.45, 2.75) is 38.3 Å². The number of aromatic nitrogens is 2. The van der Waals surface area contributed by atoms with Crippen molar-refractivity contribution in [2.24, 2.45) is 0 Å². The van der Waals surface area contributed by atoms with Crippen LogP contribution in [0.3, 0.4) is 0 Å². The van der Waals surface area contributed by atoms with Gasteiger partial charge < -0.3 is 5.32 Å². The van der Waals surface area contributed by atoms with Gasteiger partial charge in [0.1, 0.15) is 4.90 Å². The van der Waals surface area contributed by atoms with Crippen LogP contribution in [0.1, 0.15) is 20.8 Å². The maximum Gasteiger partial charge on any atom is 0.246 e. The average molecular weight is 300 g/mol. The van der Waals surface area contributed by atoms with Gasteiger partial charge in [-0.2, -0.15) is 9.40 Å². The second-order valence-electron chi connectivity index (χ2n) is 4.79. The van der Waals surface area contributed by atoms with Gasteiger partial charge in [-0.15, -0.1) is 6.58 Å². The Morgan fingerprint density at radius 2 is 2.25 bits per heavy atom. The molecule has 1 N–H and O–H groups in total. The summed E-state index contributed by atoms with van der Waals surface area (Å²) in [4.78, 5) is 0.228. The molecule has 0 aliphatic carbocycles. The SMILES string of the molecule is C=CCN(CC)S(=O)(=O)c1cnn(CCNC(C)C)c1. The molecular weight excluding hydrogens is 276 g/mol. The molecule has 1 heterocycles. The third kappa shape index (κ3) is 4.43. The van der Waals surface area contributed by atoms with E-state index in [4.69, 9.17) is 0 Å². The van der Waals surface area contributed by atoms with Crippen molar-refractivity contribution in [1.29, 1.82) is 0 Å². The standard InChI is InChI=1S/C13H24N4O2S/c1-5-8-17(6-2)20(18,19)13-10-15-16(11-13)9-7-14-12(3)4/h5,10-12,14H,1,6-9H2,2-4H3. The van der Waals surface area contributed by atoms with Crippen LogP contribution >= 0.6 is 0 Å². The molecule has 0 fully saturated rings. The van der Waals surface area contributed by atoms with E-state index in [2.05, 4.69) is 30.8 Å². The fraction of sp³-hybridized carbons (Fsp3) is 0.615. The van der Waals surface area contributed by atoms with E-state index >= 15 is 0 Å². The zero-order valence-electron chi connectivity index (χ0n) is 12.4. The molecular formula is C13H24N4O2S. The van der Waals surface area contributed by atoms with Gasteiger partial charge in [0.15, 0.2) is 0 Å². The average Bonchev–Trinajstić information content (AvgIpc) is 2.84. The van der Waals surface area contributed by atoms with Crippen molar-refractivity contribution >= 4 is 10.0 Å². The molecule has 0 saturated heterocycles. The highest BCUT2D eigenvalue weighted by atomic mass is 32.2. The van der Waals surface area contributed by atoms with E-state index < -0.39 is 10.0 Å². The van der Waals surface area contributed by atoms with E-state index in [1.165, 1.54) is 10.5 Å². The molecule has 0 atom stereocenters. The molecule has 1 aromatic rings. The van der Waals surface area contributed by atoms with Crippen LogP contribution in [0.15, 0.2) is 29.9 Å². The quantitative estimate of drug-likeness (QED) is 0.693. The highest BCUT2D eigenvalue weighted by Crippen LogP contribution is 2.14. The van der Waals surface area contributed by atoms with Crippen LogP contribution in [0.4, 0.5) is 0 Å². The Morgan fingerprint density at radius 1 is 1.55 bits per heavy atom. The third-order valence-corrected chi connectivity index (χ3v) is 4.72. The summed E-state index contributed by atoms with van der Waals surface area (Å²) in [6.07, 6.45) is 4.55. The lowest BCUT2D eigenvalue weighted by Gasteiger charge is -2.17. The molecule has 114 valence electrons. The number of rotatable bonds is 9. The summed E-state index contributed by atoms with van der Waals surface area (Å²) in [7, 11) is -3.48.